The van der Waals surface area contributed by atoms with Crippen molar-refractivity contribution >= 4 is 46.8 Å². The Hall–Kier alpha value is -2.47. The fraction of sp³-hybridized carbons (Fsp3) is 0.333. The molecule has 1 unspecified atom stereocenters. The Morgan fingerprint density at radius 1 is 0.946 bits per heavy atom. The van der Waals surface area contributed by atoms with Gasteiger partial charge < -0.3 is 10.2 Å². The molecule has 1 N–H and O–H groups in total. The maximum absolute atomic E-state index is 13.7. The summed E-state index contributed by atoms with van der Waals surface area (Å²) in [5.41, 5.74) is 3.62. The fourth-order valence-electron chi connectivity index (χ4n) is 3.98. The van der Waals surface area contributed by atoms with Crippen LogP contribution in [-0.4, -0.2) is 34.0 Å². The number of benzene rings is 3. The average molecular weight is 558 g/mol. The first kappa shape index (κ1) is 29.1. The van der Waals surface area contributed by atoms with E-state index < -0.39 is 11.6 Å². The maximum atomic E-state index is 13.7. The van der Waals surface area contributed by atoms with Crippen molar-refractivity contribution in [2.75, 3.05) is 5.75 Å². The Bertz CT molecular complexity index is 1210. The molecule has 4 nitrogen and oxygen atoms in total. The van der Waals surface area contributed by atoms with Crippen LogP contribution in [0.25, 0.3) is 0 Å². The summed E-state index contributed by atoms with van der Waals surface area (Å²) in [6, 6.07) is 22.5. The summed E-state index contributed by atoms with van der Waals surface area (Å²) in [4.78, 5) is 29.0. The van der Waals surface area contributed by atoms with Crippen LogP contribution in [0.2, 0.25) is 10.0 Å². The molecule has 0 aliphatic rings. The minimum absolute atomic E-state index is 0.117. The molecule has 37 heavy (non-hydrogen) atoms. The van der Waals surface area contributed by atoms with Crippen molar-refractivity contribution in [3.63, 3.8) is 0 Å². The van der Waals surface area contributed by atoms with E-state index in [4.69, 9.17) is 23.2 Å². The van der Waals surface area contributed by atoms with E-state index in [0.29, 0.717) is 22.2 Å². The largest absolute Gasteiger partial charge is 0.350 e. The van der Waals surface area contributed by atoms with Gasteiger partial charge in [-0.15, -0.1) is 11.8 Å². The fourth-order valence-corrected chi connectivity index (χ4v) is 5.31. The molecule has 0 saturated carbocycles. The molecular formula is C30H34Cl2N2O2S. The van der Waals surface area contributed by atoms with E-state index in [1.54, 1.807) is 28.8 Å². The second-order valence-electron chi connectivity index (χ2n) is 10.2. The van der Waals surface area contributed by atoms with Crippen LogP contribution in [0.4, 0.5) is 0 Å². The summed E-state index contributed by atoms with van der Waals surface area (Å²) >= 11 is 14.2. The number of thioether (sulfide) groups is 1. The van der Waals surface area contributed by atoms with Crippen molar-refractivity contribution in [1.29, 1.82) is 0 Å². The lowest BCUT2D eigenvalue weighted by Crippen LogP contribution is -2.54. The number of nitrogens with zero attached hydrogens (tertiary/aromatic N) is 1. The van der Waals surface area contributed by atoms with E-state index in [0.717, 1.165) is 16.7 Å². The first-order valence-corrected chi connectivity index (χ1v) is 14.2. The van der Waals surface area contributed by atoms with Crippen molar-refractivity contribution in [2.24, 2.45) is 0 Å². The average Bonchev–Trinajstić information content (AvgIpc) is 2.82. The van der Waals surface area contributed by atoms with E-state index in [2.05, 4.69) is 30.4 Å². The smallest absolute Gasteiger partial charge is 0.243 e. The zero-order chi connectivity index (χ0) is 27.0. The Balaban J connectivity index is 1.90. The van der Waals surface area contributed by atoms with Gasteiger partial charge in [-0.1, -0.05) is 89.4 Å². The molecule has 3 rings (SSSR count). The number of hydrogen-bond donors (Lipinski definition) is 1. The molecule has 0 aromatic heterocycles. The van der Waals surface area contributed by atoms with Crippen LogP contribution in [0.1, 0.15) is 43.0 Å². The number of aryl methyl sites for hydroxylation is 1. The van der Waals surface area contributed by atoms with Crippen LogP contribution >= 0.6 is 35.0 Å². The van der Waals surface area contributed by atoms with Crippen molar-refractivity contribution in [2.45, 2.75) is 58.0 Å². The van der Waals surface area contributed by atoms with E-state index in [-0.39, 0.29) is 24.1 Å². The van der Waals surface area contributed by atoms with Gasteiger partial charge in [0.1, 0.15) is 6.04 Å². The summed E-state index contributed by atoms with van der Waals surface area (Å²) in [5, 5.41) is 4.06. The predicted octanol–water partition coefficient (Wildman–Crippen LogP) is 7.09. The number of amides is 2. The first-order valence-electron chi connectivity index (χ1n) is 12.2. The lowest BCUT2D eigenvalue weighted by molar-refractivity contribution is -0.140. The van der Waals surface area contributed by atoms with Gasteiger partial charge in [0.2, 0.25) is 11.8 Å². The molecule has 0 heterocycles. The van der Waals surface area contributed by atoms with Crippen molar-refractivity contribution in [3.8, 4) is 0 Å². The molecule has 0 saturated heterocycles. The molecule has 0 radical (unpaired) electrons. The van der Waals surface area contributed by atoms with Crippen LogP contribution in [0.3, 0.4) is 0 Å². The lowest BCUT2D eigenvalue weighted by atomic mass is 10.0. The van der Waals surface area contributed by atoms with Gasteiger partial charge in [0.15, 0.2) is 0 Å². The molecular weight excluding hydrogens is 523 g/mol. The second kappa shape index (κ2) is 13.4. The minimum atomic E-state index is -0.708. The zero-order valence-electron chi connectivity index (χ0n) is 21.8. The van der Waals surface area contributed by atoms with Crippen LogP contribution in [0.5, 0.6) is 0 Å². The molecule has 0 fully saturated rings. The molecule has 0 aliphatic carbocycles. The zero-order valence-corrected chi connectivity index (χ0v) is 24.1. The summed E-state index contributed by atoms with van der Waals surface area (Å²) in [5.74, 6) is 0.639. The maximum Gasteiger partial charge on any atom is 0.243 e. The lowest BCUT2D eigenvalue weighted by Gasteiger charge is -2.34. The molecule has 0 aliphatic heterocycles. The highest BCUT2D eigenvalue weighted by molar-refractivity contribution is 7.99. The molecule has 3 aromatic carbocycles. The van der Waals surface area contributed by atoms with Gasteiger partial charge in [0.05, 0.1) is 5.75 Å². The Morgan fingerprint density at radius 3 is 2.30 bits per heavy atom. The highest BCUT2D eigenvalue weighted by Gasteiger charge is 2.32. The van der Waals surface area contributed by atoms with Crippen LogP contribution < -0.4 is 5.32 Å². The number of hydrogen-bond acceptors (Lipinski definition) is 3. The topological polar surface area (TPSA) is 49.4 Å². The standard InChI is InChI=1S/C30H34Cl2N2O2S/c1-21-9-8-12-23(15-21)19-37-20-28(35)34(18-24-13-14-25(31)17-26(24)32)27(29(36)33-30(2,3)4)16-22-10-6-5-7-11-22/h5-15,17,27H,16,18-20H2,1-4H3,(H,33,36). The number of halogens is 2. The summed E-state index contributed by atoms with van der Waals surface area (Å²) in [6.45, 7) is 8.06. The Morgan fingerprint density at radius 2 is 1.65 bits per heavy atom. The van der Waals surface area contributed by atoms with Gasteiger partial charge in [-0.2, -0.15) is 0 Å². The van der Waals surface area contributed by atoms with Gasteiger partial charge in [-0.3, -0.25) is 9.59 Å². The third-order valence-electron chi connectivity index (χ3n) is 5.70. The summed E-state index contributed by atoms with van der Waals surface area (Å²) in [7, 11) is 0. The van der Waals surface area contributed by atoms with Crippen molar-refractivity contribution in [1.82, 2.24) is 10.2 Å². The van der Waals surface area contributed by atoms with Crippen molar-refractivity contribution < 1.29 is 9.59 Å². The van der Waals surface area contributed by atoms with Gasteiger partial charge in [-0.25, -0.2) is 0 Å². The molecule has 7 heteroatoms. The van der Waals surface area contributed by atoms with Crippen LogP contribution in [0.15, 0.2) is 72.8 Å². The number of carbonyl (C=O) groups excluding carboxylic acids is 2. The molecule has 2 amide bonds. The highest BCUT2D eigenvalue weighted by atomic mass is 35.5. The molecule has 0 bridgehead atoms. The Labute approximate surface area is 234 Å². The van der Waals surface area contributed by atoms with E-state index >= 15 is 0 Å². The normalized spacial score (nSPS) is 12.2. The second-order valence-corrected chi connectivity index (χ2v) is 12.0. The van der Waals surface area contributed by atoms with Crippen molar-refractivity contribution in [3.05, 3.63) is 105 Å². The summed E-state index contributed by atoms with van der Waals surface area (Å²) < 4.78 is 0. The van der Waals surface area contributed by atoms with E-state index in [1.807, 2.05) is 63.2 Å². The number of rotatable bonds is 10. The van der Waals surface area contributed by atoms with E-state index in [1.165, 1.54) is 5.56 Å². The third-order valence-corrected chi connectivity index (χ3v) is 7.28. The first-order chi connectivity index (χ1) is 17.5. The van der Waals surface area contributed by atoms with Gasteiger partial charge in [-0.05, 0) is 56.5 Å². The predicted molar refractivity (Wildman–Crippen MR) is 156 cm³/mol. The summed E-state index contributed by atoms with van der Waals surface area (Å²) in [6.07, 6.45) is 0.391. The number of carbonyl (C=O) groups is 2. The van der Waals surface area contributed by atoms with Gasteiger partial charge >= 0.3 is 0 Å². The highest BCUT2D eigenvalue weighted by Crippen LogP contribution is 2.25. The quantitative estimate of drug-likeness (QED) is 0.290. The molecule has 1 atom stereocenters. The van der Waals surface area contributed by atoms with Gasteiger partial charge in [0.25, 0.3) is 0 Å². The monoisotopic (exact) mass is 556 g/mol. The Kier molecular flexibility index (Phi) is 10.5. The minimum Gasteiger partial charge on any atom is -0.350 e. The van der Waals surface area contributed by atoms with Gasteiger partial charge in [0, 0.05) is 34.3 Å². The third kappa shape index (κ3) is 9.41. The molecule has 3 aromatic rings. The molecule has 0 spiro atoms. The van der Waals surface area contributed by atoms with Crippen LogP contribution in [0, 0.1) is 6.92 Å². The SMILES string of the molecule is Cc1cccc(CSCC(=O)N(Cc2ccc(Cl)cc2Cl)C(Cc2ccccc2)C(=O)NC(C)(C)C)c1. The van der Waals surface area contributed by atoms with Crippen LogP contribution in [-0.2, 0) is 28.3 Å². The van der Waals surface area contributed by atoms with E-state index in [9.17, 15) is 9.59 Å². The molecule has 196 valence electrons. The number of nitrogens with one attached hydrogen (secondary N) is 1.